The topological polar surface area (TPSA) is 35.5 Å². The molecular weight excluding hydrogens is 360 g/mol. The van der Waals surface area contributed by atoms with E-state index in [2.05, 4.69) is 45.9 Å². The Balaban J connectivity index is 3.00. The summed E-state index contributed by atoms with van der Waals surface area (Å²) in [7, 11) is 1.75. The summed E-state index contributed by atoms with van der Waals surface area (Å²) in [6, 6.07) is 2.14. The normalized spacial score (nSPS) is 12.8. The highest BCUT2D eigenvalue weighted by Crippen LogP contribution is 2.30. The van der Waals surface area contributed by atoms with E-state index in [-0.39, 0.29) is 5.97 Å². The van der Waals surface area contributed by atoms with E-state index in [4.69, 9.17) is 9.47 Å². The van der Waals surface area contributed by atoms with Crippen molar-refractivity contribution in [1.82, 2.24) is 0 Å². The molecule has 0 fully saturated rings. The number of methoxy groups -OCH3 is 1. The molecule has 0 saturated heterocycles. The van der Waals surface area contributed by atoms with Gasteiger partial charge in [0, 0.05) is 6.08 Å². The van der Waals surface area contributed by atoms with Gasteiger partial charge in [0.25, 0.3) is 0 Å². The van der Waals surface area contributed by atoms with Gasteiger partial charge in [-0.3, -0.25) is 0 Å². The molecule has 0 amide bonds. The molecule has 3 heteroatoms. The molecule has 29 heavy (non-hydrogen) atoms. The predicted molar refractivity (Wildman–Crippen MR) is 123 cm³/mol. The highest BCUT2D eigenvalue weighted by molar-refractivity contribution is 5.83. The number of carbonyl (C=O) groups excluding carboxylic acids is 1. The van der Waals surface area contributed by atoms with Crippen LogP contribution >= 0.6 is 0 Å². The maximum absolute atomic E-state index is 11.4. The van der Waals surface area contributed by atoms with Crippen LogP contribution < -0.4 is 4.74 Å². The second-order valence-corrected chi connectivity index (χ2v) is 7.26. The summed E-state index contributed by atoms with van der Waals surface area (Å²) in [5, 5.41) is 0. The van der Waals surface area contributed by atoms with Crippen LogP contribution in [0.15, 0.2) is 47.6 Å². The average molecular weight is 397 g/mol. The van der Waals surface area contributed by atoms with Crippen molar-refractivity contribution in [2.75, 3.05) is 13.7 Å². The van der Waals surface area contributed by atoms with Gasteiger partial charge >= 0.3 is 5.97 Å². The zero-order valence-electron chi connectivity index (χ0n) is 19.1. The van der Waals surface area contributed by atoms with E-state index in [1.165, 1.54) is 34.8 Å². The molecule has 0 aliphatic carbocycles. The lowest BCUT2D eigenvalue weighted by Crippen LogP contribution is -2.00. The molecule has 0 saturated carbocycles. The van der Waals surface area contributed by atoms with Gasteiger partial charge in [0.2, 0.25) is 0 Å². The Kier molecular flexibility index (Phi) is 10.8. The molecule has 0 radical (unpaired) electrons. The highest BCUT2D eigenvalue weighted by Gasteiger charge is 2.12. The minimum absolute atomic E-state index is 0.306. The first kappa shape index (κ1) is 24.5. The molecule has 0 aromatic heterocycles. The summed E-state index contributed by atoms with van der Waals surface area (Å²) in [5.41, 5.74) is 7.07. The van der Waals surface area contributed by atoms with Gasteiger partial charge in [0.15, 0.2) is 0 Å². The lowest BCUT2D eigenvalue weighted by molar-refractivity contribution is -0.137. The van der Waals surface area contributed by atoms with Crippen molar-refractivity contribution in [3.63, 3.8) is 0 Å². The Morgan fingerprint density at radius 1 is 1.10 bits per heavy atom. The van der Waals surface area contributed by atoms with Gasteiger partial charge in [0.1, 0.15) is 5.75 Å². The first-order chi connectivity index (χ1) is 13.8. The molecule has 1 aromatic carbocycles. The molecule has 0 spiro atoms. The van der Waals surface area contributed by atoms with E-state index in [1.807, 2.05) is 25.2 Å². The van der Waals surface area contributed by atoms with Crippen LogP contribution in [0, 0.1) is 13.8 Å². The molecule has 1 aromatic rings. The quantitative estimate of drug-likeness (QED) is 0.251. The van der Waals surface area contributed by atoms with Crippen molar-refractivity contribution in [3.8, 4) is 5.75 Å². The van der Waals surface area contributed by atoms with Gasteiger partial charge < -0.3 is 9.47 Å². The van der Waals surface area contributed by atoms with Crippen molar-refractivity contribution in [2.24, 2.45) is 0 Å². The zero-order valence-corrected chi connectivity index (χ0v) is 19.1. The molecule has 0 aliphatic rings. The van der Waals surface area contributed by atoms with Gasteiger partial charge in [-0.2, -0.15) is 0 Å². The van der Waals surface area contributed by atoms with Crippen LogP contribution in [0.1, 0.15) is 62.8 Å². The first-order valence-electron chi connectivity index (χ1n) is 10.4. The van der Waals surface area contributed by atoms with Crippen LogP contribution in [0.5, 0.6) is 5.75 Å². The number of ether oxygens (including phenoxy) is 2. The molecule has 0 N–H and O–H groups in total. The van der Waals surface area contributed by atoms with Crippen LogP contribution in [0.4, 0.5) is 0 Å². The number of benzene rings is 1. The maximum Gasteiger partial charge on any atom is 0.330 e. The van der Waals surface area contributed by atoms with Gasteiger partial charge in [-0.1, -0.05) is 49.3 Å². The fraction of sp³-hybridized carbons (Fsp3) is 0.423. The van der Waals surface area contributed by atoms with Gasteiger partial charge in [0.05, 0.1) is 13.7 Å². The molecule has 0 aliphatic heterocycles. The largest absolute Gasteiger partial charge is 0.496 e. The summed E-state index contributed by atoms with van der Waals surface area (Å²) in [6.45, 7) is 12.7. The van der Waals surface area contributed by atoms with E-state index in [0.29, 0.717) is 6.61 Å². The lowest BCUT2D eigenvalue weighted by atomic mass is 9.93. The van der Waals surface area contributed by atoms with Crippen LogP contribution in [-0.2, 0) is 16.0 Å². The average Bonchev–Trinajstić information content (AvgIpc) is 2.66. The monoisotopic (exact) mass is 396 g/mol. The standard InChI is InChI=1S/C26H36O3/c1-8-10-14-24-22(6)23(21(5)18-25(24)28-7)16-15-19(3)12-11-13-20(4)17-26(27)29-9-2/h11-13,15-18H,8-10,14H2,1-7H3. The zero-order chi connectivity index (χ0) is 21.8. The Hall–Kier alpha value is -2.55. The fourth-order valence-corrected chi connectivity index (χ4v) is 3.15. The molecular formula is C26H36O3. The van der Waals surface area contributed by atoms with E-state index >= 15 is 0 Å². The molecule has 158 valence electrons. The SMILES string of the molecule is CCCCc1c(OC)cc(C)c(C=CC(C)=CC=CC(C)=CC(=O)OCC)c1C. The Morgan fingerprint density at radius 2 is 1.83 bits per heavy atom. The maximum atomic E-state index is 11.4. The second-order valence-electron chi connectivity index (χ2n) is 7.26. The number of esters is 1. The van der Waals surface area contributed by atoms with Crippen molar-refractivity contribution < 1.29 is 14.3 Å². The summed E-state index contributed by atoms with van der Waals surface area (Å²) in [5.74, 6) is 0.684. The number of unbranched alkanes of at least 4 members (excludes halogenated alkanes) is 1. The fourth-order valence-electron chi connectivity index (χ4n) is 3.15. The Bertz CT molecular complexity index is 808. The Labute approximate surface area is 176 Å². The summed E-state index contributed by atoms with van der Waals surface area (Å²) in [6.07, 6.45) is 15.1. The number of hydrogen-bond donors (Lipinski definition) is 0. The third-order valence-electron chi connectivity index (χ3n) is 4.79. The minimum atomic E-state index is -0.306. The van der Waals surface area contributed by atoms with Crippen molar-refractivity contribution in [1.29, 1.82) is 0 Å². The van der Waals surface area contributed by atoms with Crippen LogP contribution in [0.25, 0.3) is 6.08 Å². The van der Waals surface area contributed by atoms with Gasteiger partial charge in [-0.15, -0.1) is 0 Å². The number of rotatable bonds is 10. The third kappa shape index (κ3) is 8.15. The van der Waals surface area contributed by atoms with Gasteiger partial charge in [-0.05, 0) is 81.4 Å². The van der Waals surface area contributed by atoms with Crippen molar-refractivity contribution >= 4 is 12.0 Å². The number of hydrogen-bond acceptors (Lipinski definition) is 3. The lowest BCUT2D eigenvalue weighted by Gasteiger charge is -2.16. The first-order valence-corrected chi connectivity index (χ1v) is 10.4. The van der Waals surface area contributed by atoms with Crippen LogP contribution in [-0.4, -0.2) is 19.7 Å². The number of carbonyl (C=O) groups is 1. The van der Waals surface area contributed by atoms with Crippen molar-refractivity contribution in [3.05, 3.63) is 69.8 Å². The summed E-state index contributed by atoms with van der Waals surface area (Å²) in [4.78, 5) is 11.4. The van der Waals surface area contributed by atoms with E-state index in [0.717, 1.165) is 29.7 Å². The Morgan fingerprint density at radius 3 is 2.45 bits per heavy atom. The smallest absolute Gasteiger partial charge is 0.330 e. The molecule has 0 bridgehead atoms. The van der Waals surface area contributed by atoms with Gasteiger partial charge in [-0.25, -0.2) is 4.79 Å². The molecule has 3 nitrogen and oxygen atoms in total. The summed E-state index contributed by atoms with van der Waals surface area (Å²) >= 11 is 0. The molecule has 0 heterocycles. The molecule has 0 unspecified atom stereocenters. The third-order valence-corrected chi connectivity index (χ3v) is 4.79. The van der Waals surface area contributed by atoms with Crippen LogP contribution in [0.3, 0.4) is 0 Å². The second kappa shape index (κ2) is 12.8. The summed E-state index contributed by atoms with van der Waals surface area (Å²) < 4.78 is 10.5. The molecule has 0 atom stereocenters. The number of aryl methyl sites for hydroxylation is 1. The minimum Gasteiger partial charge on any atom is -0.496 e. The highest BCUT2D eigenvalue weighted by atomic mass is 16.5. The van der Waals surface area contributed by atoms with E-state index < -0.39 is 0 Å². The van der Waals surface area contributed by atoms with E-state index in [9.17, 15) is 4.79 Å². The number of allylic oxidation sites excluding steroid dienone is 6. The van der Waals surface area contributed by atoms with Crippen molar-refractivity contribution in [2.45, 2.75) is 60.8 Å². The molecule has 1 rings (SSSR count). The van der Waals surface area contributed by atoms with Crippen LogP contribution in [0.2, 0.25) is 0 Å². The predicted octanol–water partition coefficient (Wildman–Crippen LogP) is 6.68. The van der Waals surface area contributed by atoms with E-state index in [1.54, 1.807) is 14.0 Å².